The molecule has 0 aliphatic heterocycles. The quantitative estimate of drug-likeness (QED) is 0.835. The van der Waals surface area contributed by atoms with Crippen molar-refractivity contribution in [1.82, 2.24) is 15.3 Å². The second kappa shape index (κ2) is 8.23. The monoisotopic (exact) mass is 378 g/mol. The van der Waals surface area contributed by atoms with E-state index in [2.05, 4.69) is 20.6 Å². The highest BCUT2D eigenvalue weighted by molar-refractivity contribution is 6.33. The van der Waals surface area contributed by atoms with Gasteiger partial charge in [-0.05, 0) is 18.2 Å². The summed E-state index contributed by atoms with van der Waals surface area (Å²) in [6.07, 6.45) is 3.15. The molecule has 0 spiro atoms. The predicted molar refractivity (Wildman–Crippen MR) is 97.7 cm³/mol. The van der Waals surface area contributed by atoms with Gasteiger partial charge in [-0.3, -0.25) is 9.59 Å². The first-order valence-electron chi connectivity index (χ1n) is 8.02. The van der Waals surface area contributed by atoms with E-state index in [1.165, 1.54) is 6.07 Å². The number of anilines is 1. The van der Waals surface area contributed by atoms with Gasteiger partial charge in [0.2, 0.25) is 5.91 Å². The number of aromatic nitrogens is 2. The summed E-state index contributed by atoms with van der Waals surface area (Å²) < 4.78 is 13.0. The summed E-state index contributed by atoms with van der Waals surface area (Å²) in [4.78, 5) is 32.4. The Morgan fingerprint density at radius 3 is 2.42 bits per heavy atom. The molecule has 0 saturated carbocycles. The molecule has 0 aliphatic rings. The number of carbonyl (C=O) groups is 2. The van der Waals surface area contributed by atoms with Gasteiger partial charge in [0.05, 0.1) is 28.7 Å². The number of carbonyl (C=O) groups excluding carboxylic acids is 2. The maximum Gasteiger partial charge on any atom is 0.252 e. The van der Waals surface area contributed by atoms with Crippen molar-refractivity contribution < 1.29 is 14.0 Å². The average molecular weight is 379 g/mol. The predicted octanol–water partition coefficient (Wildman–Crippen LogP) is 3.33. The molecule has 2 N–H and O–H groups in total. The number of nitrogens with one attached hydrogen (secondary N) is 2. The van der Waals surface area contributed by atoms with Crippen molar-refractivity contribution in [1.29, 1.82) is 0 Å². The molecular weight excluding hydrogens is 359 g/mol. The zero-order valence-corrected chi connectivity index (χ0v) is 15.5. The first-order valence-corrected chi connectivity index (χ1v) is 8.40. The third-order valence-corrected chi connectivity index (χ3v) is 3.73. The zero-order valence-electron chi connectivity index (χ0n) is 14.8. The lowest BCUT2D eigenvalue weighted by molar-refractivity contribution is -0.116. The molecule has 0 radical (unpaired) electrons. The smallest absolute Gasteiger partial charge is 0.252 e. The zero-order chi connectivity index (χ0) is 19.3. The van der Waals surface area contributed by atoms with Gasteiger partial charge >= 0.3 is 0 Å². The van der Waals surface area contributed by atoms with Crippen LogP contribution in [0.1, 0.15) is 43.4 Å². The Kier molecular flexibility index (Phi) is 6.26. The highest BCUT2D eigenvalue weighted by atomic mass is 35.5. The highest BCUT2D eigenvalue weighted by Crippen LogP contribution is 2.18. The van der Waals surface area contributed by atoms with Crippen molar-refractivity contribution in [3.63, 3.8) is 0 Å². The molecule has 6 nitrogen and oxygen atoms in total. The minimum atomic E-state index is -0.523. The van der Waals surface area contributed by atoms with Crippen LogP contribution in [0.15, 0.2) is 30.6 Å². The van der Waals surface area contributed by atoms with Gasteiger partial charge in [0, 0.05) is 18.4 Å². The van der Waals surface area contributed by atoms with E-state index in [9.17, 15) is 14.0 Å². The molecule has 0 fully saturated rings. The van der Waals surface area contributed by atoms with Gasteiger partial charge in [-0.2, -0.15) is 0 Å². The lowest BCUT2D eigenvalue weighted by Crippen LogP contribution is -2.28. The van der Waals surface area contributed by atoms with Crippen molar-refractivity contribution in [2.45, 2.75) is 32.6 Å². The molecule has 0 atom stereocenters. The van der Waals surface area contributed by atoms with E-state index in [0.29, 0.717) is 11.5 Å². The van der Waals surface area contributed by atoms with E-state index in [-0.39, 0.29) is 34.9 Å². The molecule has 1 aromatic heterocycles. The van der Waals surface area contributed by atoms with E-state index in [0.717, 1.165) is 12.1 Å². The molecule has 2 amide bonds. The number of amides is 2. The Morgan fingerprint density at radius 2 is 1.85 bits per heavy atom. The summed E-state index contributed by atoms with van der Waals surface area (Å²) in [6.45, 7) is 6.10. The summed E-state index contributed by atoms with van der Waals surface area (Å²) in [7, 11) is 0. The van der Waals surface area contributed by atoms with Crippen LogP contribution in [0.4, 0.5) is 10.1 Å². The standard InChI is InChI=1S/C18H20ClFN4O2/c1-18(2,3)17-22-9-12(10-23-17)24-15(25)6-7-21-16(26)13-5-4-11(20)8-14(13)19/h4-5,8-10H,6-7H2,1-3H3,(H,21,26)(H,24,25). The van der Waals surface area contributed by atoms with Crippen molar-refractivity contribution >= 4 is 29.1 Å². The van der Waals surface area contributed by atoms with Gasteiger partial charge in [-0.25, -0.2) is 14.4 Å². The number of nitrogens with zero attached hydrogens (tertiary/aromatic N) is 2. The first kappa shape index (κ1) is 19.8. The Morgan fingerprint density at radius 1 is 1.19 bits per heavy atom. The minimum absolute atomic E-state index is 0.0167. The number of hydrogen-bond donors (Lipinski definition) is 2. The van der Waals surface area contributed by atoms with Crippen molar-refractivity contribution in [3.05, 3.63) is 52.8 Å². The third kappa shape index (κ3) is 5.49. The van der Waals surface area contributed by atoms with Gasteiger partial charge in [0.1, 0.15) is 11.6 Å². The lowest BCUT2D eigenvalue weighted by atomic mass is 9.96. The normalized spacial score (nSPS) is 11.1. The molecule has 0 unspecified atom stereocenters. The molecule has 2 rings (SSSR count). The summed E-state index contributed by atoms with van der Waals surface area (Å²) >= 11 is 5.82. The molecule has 0 aliphatic carbocycles. The summed E-state index contributed by atoms with van der Waals surface area (Å²) in [5, 5.41) is 5.25. The fraction of sp³-hybridized carbons (Fsp3) is 0.333. The van der Waals surface area contributed by atoms with Crippen LogP contribution in [0.5, 0.6) is 0 Å². The van der Waals surface area contributed by atoms with Crippen LogP contribution in [0.3, 0.4) is 0 Å². The van der Waals surface area contributed by atoms with Crippen LogP contribution >= 0.6 is 11.6 Å². The maximum atomic E-state index is 13.0. The summed E-state index contributed by atoms with van der Waals surface area (Å²) in [5.74, 6) is -0.604. The molecule has 0 bridgehead atoms. The molecule has 8 heteroatoms. The van der Waals surface area contributed by atoms with E-state index in [1.54, 1.807) is 12.4 Å². The summed E-state index contributed by atoms with van der Waals surface area (Å²) in [6, 6.07) is 3.50. The molecular formula is C18H20ClFN4O2. The summed E-state index contributed by atoms with van der Waals surface area (Å²) in [5.41, 5.74) is 0.463. The maximum absolute atomic E-state index is 13.0. The molecule has 2 aromatic rings. The topological polar surface area (TPSA) is 84.0 Å². The average Bonchev–Trinajstić information content (AvgIpc) is 2.54. The molecule has 138 valence electrons. The Labute approximate surface area is 156 Å². The van der Waals surface area contributed by atoms with Crippen molar-refractivity contribution in [2.24, 2.45) is 0 Å². The molecule has 0 saturated heterocycles. The van der Waals surface area contributed by atoms with Crippen LogP contribution in [0, 0.1) is 5.82 Å². The van der Waals surface area contributed by atoms with Crippen LogP contribution < -0.4 is 10.6 Å². The van der Waals surface area contributed by atoms with E-state index < -0.39 is 11.7 Å². The van der Waals surface area contributed by atoms with Gasteiger partial charge in [-0.15, -0.1) is 0 Å². The number of benzene rings is 1. The number of hydrogen-bond acceptors (Lipinski definition) is 4. The Bertz CT molecular complexity index is 804. The molecule has 1 heterocycles. The van der Waals surface area contributed by atoms with E-state index >= 15 is 0 Å². The Hall–Kier alpha value is -2.54. The Balaban J connectivity index is 1.82. The van der Waals surface area contributed by atoms with E-state index in [4.69, 9.17) is 11.6 Å². The third-order valence-electron chi connectivity index (χ3n) is 3.42. The molecule has 26 heavy (non-hydrogen) atoms. The largest absolute Gasteiger partial charge is 0.351 e. The van der Waals surface area contributed by atoms with Crippen LogP contribution in [0.25, 0.3) is 0 Å². The van der Waals surface area contributed by atoms with Gasteiger partial charge < -0.3 is 10.6 Å². The van der Waals surface area contributed by atoms with Crippen LogP contribution in [-0.4, -0.2) is 28.3 Å². The number of rotatable bonds is 5. The minimum Gasteiger partial charge on any atom is -0.351 e. The van der Waals surface area contributed by atoms with Gasteiger partial charge in [-0.1, -0.05) is 32.4 Å². The molecule has 1 aromatic carbocycles. The van der Waals surface area contributed by atoms with E-state index in [1.807, 2.05) is 20.8 Å². The van der Waals surface area contributed by atoms with Gasteiger partial charge in [0.25, 0.3) is 5.91 Å². The second-order valence-electron chi connectivity index (χ2n) is 6.72. The van der Waals surface area contributed by atoms with Crippen LogP contribution in [-0.2, 0) is 10.2 Å². The fourth-order valence-electron chi connectivity index (χ4n) is 2.06. The highest BCUT2D eigenvalue weighted by Gasteiger charge is 2.17. The second-order valence-corrected chi connectivity index (χ2v) is 7.13. The lowest BCUT2D eigenvalue weighted by Gasteiger charge is -2.16. The van der Waals surface area contributed by atoms with Gasteiger partial charge in [0.15, 0.2) is 0 Å². The first-order chi connectivity index (χ1) is 12.2. The SMILES string of the molecule is CC(C)(C)c1ncc(NC(=O)CCNC(=O)c2ccc(F)cc2Cl)cn1. The van der Waals surface area contributed by atoms with Crippen molar-refractivity contribution in [3.8, 4) is 0 Å². The van der Waals surface area contributed by atoms with Crippen molar-refractivity contribution in [2.75, 3.05) is 11.9 Å². The number of halogens is 2. The fourth-order valence-corrected chi connectivity index (χ4v) is 2.31. The van der Waals surface area contributed by atoms with Crippen LogP contribution in [0.2, 0.25) is 5.02 Å².